The summed E-state index contributed by atoms with van der Waals surface area (Å²) < 4.78 is 0. The van der Waals surface area contributed by atoms with Gasteiger partial charge in [-0.3, -0.25) is 30.7 Å². The van der Waals surface area contributed by atoms with E-state index in [1.165, 1.54) is 29.3 Å². The first-order valence-corrected chi connectivity index (χ1v) is 10.5. The highest BCUT2D eigenvalue weighted by Crippen LogP contribution is 2.33. The van der Waals surface area contributed by atoms with E-state index in [9.17, 15) is 14.9 Å². The van der Waals surface area contributed by atoms with Gasteiger partial charge < -0.3 is 9.80 Å². The highest BCUT2D eigenvalue weighted by molar-refractivity contribution is 5.94. The zero-order valence-corrected chi connectivity index (χ0v) is 18.4. The van der Waals surface area contributed by atoms with Gasteiger partial charge in [0, 0.05) is 44.3 Å². The molecule has 2 N–H and O–H groups in total. The Hall–Kier alpha value is -4.28. The first kappa shape index (κ1) is 21.9. The Balaban J connectivity index is 1.50. The van der Waals surface area contributed by atoms with Gasteiger partial charge in [0.2, 0.25) is 11.6 Å². The molecule has 0 spiro atoms. The molecule has 33 heavy (non-hydrogen) atoms. The summed E-state index contributed by atoms with van der Waals surface area (Å²) in [5.41, 5.74) is 8.65. The SMILES string of the molecule is Cc1cccc(N2CCN(c3ncnc(NNC(=O)c4cccnc4)c3[N+](=O)[O-])CC2)c1C. The standard InChI is InChI=1S/C22H24N8O3/c1-15-5-3-7-18(16(15)2)28-9-11-29(12-10-28)21-19(30(32)33)20(24-14-25-21)26-27-22(31)17-6-4-8-23-13-17/h3-8,13-14H,9-12H2,1-2H3,(H,27,31)(H,24,25,26). The van der Waals surface area contributed by atoms with Crippen molar-refractivity contribution in [2.75, 3.05) is 41.4 Å². The average molecular weight is 448 g/mol. The van der Waals surface area contributed by atoms with Crippen LogP contribution in [0.25, 0.3) is 0 Å². The van der Waals surface area contributed by atoms with Crippen LogP contribution >= 0.6 is 0 Å². The van der Waals surface area contributed by atoms with Crippen molar-refractivity contribution >= 4 is 28.9 Å². The molecule has 2 aromatic heterocycles. The second-order valence-corrected chi connectivity index (χ2v) is 7.67. The lowest BCUT2D eigenvalue weighted by Crippen LogP contribution is -2.47. The number of amides is 1. The Morgan fingerprint density at radius 1 is 1.06 bits per heavy atom. The highest BCUT2D eigenvalue weighted by atomic mass is 16.6. The number of anilines is 3. The second-order valence-electron chi connectivity index (χ2n) is 7.67. The van der Waals surface area contributed by atoms with Gasteiger partial charge in [-0.1, -0.05) is 12.1 Å². The quantitative estimate of drug-likeness (QED) is 0.431. The molecule has 170 valence electrons. The van der Waals surface area contributed by atoms with Gasteiger partial charge in [0.25, 0.3) is 5.91 Å². The van der Waals surface area contributed by atoms with Gasteiger partial charge in [-0.2, -0.15) is 0 Å². The minimum atomic E-state index is -0.537. The van der Waals surface area contributed by atoms with Crippen LogP contribution < -0.4 is 20.7 Å². The monoisotopic (exact) mass is 448 g/mol. The fraction of sp³-hybridized carbons (Fsp3) is 0.273. The zero-order valence-electron chi connectivity index (χ0n) is 18.4. The minimum Gasteiger partial charge on any atom is -0.368 e. The minimum absolute atomic E-state index is 0.0841. The summed E-state index contributed by atoms with van der Waals surface area (Å²) in [5, 5.41) is 11.9. The Morgan fingerprint density at radius 2 is 1.82 bits per heavy atom. The van der Waals surface area contributed by atoms with Gasteiger partial charge in [0.05, 0.1) is 10.5 Å². The summed E-state index contributed by atoms with van der Waals surface area (Å²) in [7, 11) is 0. The van der Waals surface area contributed by atoms with E-state index in [1.54, 1.807) is 18.3 Å². The molecule has 4 rings (SSSR count). The van der Waals surface area contributed by atoms with Crippen LogP contribution in [0.3, 0.4) is 0 Å². The molecule has 0 aliphatic carbocycles. The van der Waals surface area contributed by atoms with Crippen molar-refractivity contribution in [3.05, 3.63) is 75.9 Å². The van der Waals surface area contributed by atoms with Crippen molar-refractivity contribution in [2.45, 2.75) is 13.8 Å². The average Bonchev–Trinajstić information content (AvgIpc) is 2.84. The van der Waals surface area contributed by atoms with Gasteiger partial charge in [-0.05, 0) is 43.2 Å². The smallest absolute Gasteiger partial charge is 0.355 e. The molecule has 0 radical (unpaired) electrons. The summed E-state index contributed by atoms with van der Waals surface area (Å²) in [5.74, 6) is -0.354. The summed E-state index contributed by atoms with van der Waals surface area (Å²) in [6.45, 7) is 6.71. The van der Waals surface area contributed by atoms with Crippen molar-refractivity contribution in [2.24, 2.45) is 0 Å². The van der Waals surface area contributed by atoms with E-state index >= 15 is 0 Å². The lowest BCUT2D eigenvalue weighted by atomic mass is 10.1. The number of nitrogens with zero attached hydrogens (tertiary/aromatic N) is 6. The van der Waals surface area contributed by atoms with E-state index in [4.69, 9.17) is 0 Å². The van der Waals surface area contributed by atoms with Crippen LogP contribution in [0.15, 0.2) is 49.1 Å². The van der Waals surface area contributed by atoms with Crippen LogP contribution in [0.2, 0.25) is 0 Å². The molecule has 3 aromatic rings. The molecule has 11 heteroatoms. The molecule has 0 saturated carbocycles. The Kier molecular flexibility index (Phi) is 6.29. The number of pyridine rings is 1. The molecular weight excluding hydrogens is 424 g/mol. The van der Waals surface area contributed by atoms with Gasteiger partial charge in [-0.15, -0.1) is 0 Å². The van der Waals surface area contributed by atoms with Gasteiger partial charge in [0.1, 0.15) is 6.33 Å². The topological polar surface area (TPSA) is 129 Å². The zero-order chi connectivity index (χ0) is 23.4. The third-order valence-corrected chi connectivity index (χ3v) is 5.70. The number of hydrazine groups is 1. The second kappa shape index (κ2) is 9.47. The number of rotatable bonds is 6. The summed E-state index contributed by atoms with van der Waals surface area (Å²) in [4.78, 5) is 39.8. The number of hydrogen-bond acceptors (Lipinski definition) is 9. The molecule has 0 bridgehead atoms. The third-order valence-electron chi connectivity index (χ3n) is 5.70. The van der Waals surface area contributed by atoms with Crippen LogP contribution in [0.5, 0.6) is 0 Å². The van der Waals surface area contributed by atoms with Crippen molar-refractivity contribution in [3.63, 3.8) is 0 Å². The van der Waals surface area contributed by atoms with E-state index < -0.39 is 10.8 Å². The molecule has 1 aromatic carbocycles. The van der Waals surface area contributed by atoms with E-state index in [0.717, 1.165) is 0 Å². The van der Waals surface area contributed by atoms with Crippen molar-refractivity contribution in [1.82, 2.24) is 20.4 Å². The Morgan fingerprint density at radius 3 is 2.52 bits per heavy atom. The van der Waals surface area contributed by atoms with Crippen LogP contribution in [0.1, 0.15) is 21.5 Å². The molecule has 11 nitrogen and oxygen atoms in total. The fourth-order valence-corrected chi connectivity index (χ4v) is 3.78. The number of piperazine rings is 1. The molecule has 1 aliphatic heterocycles. The van der Waals surface area contributed by atoms with Gasteiger partial charge in [0.15, 0.2) is 0 Å². The lowest BCUT2D eigenvalue weighted by Gasteiger charge is -2.37. The van der Waals surface area contributed by atoms with Crippen LogP contribution in [0, 0.1) is 24.0 Å². The third kappa shape index (κ3) is 4.66. The molecule has 0 unspecified atom stereocenters. The molecule has 1 amide bonds. The summed E-state index contributed by atoms with van der Waals surface area (Å²) in [6, 6.07) is 9.42. The number of hydrogen-bond donors (Lipinski definition) is 2. The maximum Gasteiger partial charge on any atom is 0.355 e. The molecule has 1 aliphatic rings. The normalized spacial score (nSPS) is 13.5. The van der Waals surface area contributed by atoms with Crippen LogP contribution in [-0.2, 0) is 0 Å². The van der Waals surface area contributed by atoms with Crippen molar-refractivity contribution in [3.8, 4) is 0 Å². The number of benzene rings is 1. The number of aryl methyl sites for hydroxylation is 1. The molecule has 0 atom stereocenters. The summed E-state index contributed by atoms with van der Waals surface area (Å²) >= 11 is 0. The maximum atomic E-state index is 12.3. The molecule has 1 fully saturated rings. The predicted octanol–water partition coefficient (Wildman–Crippen LogP) is 2.48. The molecular formula is C22H24N8O3. The van der Waals surface area contributed by atoms with Gasteiger partial charge in [-0.25, -0.2) is 9.97 Å². The summed E-state index contributed by atoms with van der Waals surface area (Å²) in [6.07, 6.45) is 4.19. The molecule has 1 saturated heterocycles. The predicted molar refractivity (Wildman–Crippen MR) is 124 cm³/mol. The number of nitro groups is 1. The van der Waals surface area contributed by atoms with Crippen LogP contribution in [-0.4, -0.2) is 52.0 Å². The van der Waals surface area contributed by atoms with Crippen molar-refractivity contribution in [1.29, 1.82) is 0 Å². The Bertz CT molecular complexity index is 1160. The van der Waals surface area contributed by atoms with E-state index in [-0.39, 0.29) is 17.3 Å². The van der Waals surface area contributed by atoms with E-state index in [0.29, 0.717) is 31.7 Å². The number of aromatic nitrogens is 3. The lowest BCUT2D eigenvalue weighted by molar-refractivity contribution is -0.383. The first-order chi connectivity index (χ1) is 16.0. The number of nitrogens with one attached hydrogen (secondary N) is 2. The molecule has 3 heterocycles. The number of carbonyl (C=O) groups excluding carboxylic acids is 1. The van der Waals surface area contributed by atoms with E-state index in [1.807, 2.05) is 11.0 Å². The first-order valence-electron chi connectivity index (χ1n) is 10.5. The maximum absolute atomic E-state index is 12.3. The van der Waals surface area contributed by atoms with Gasteiger partial charge >= 0.3 is 5.69 Å². The largest absolute Gasteiger partial charge is 0.368 e. The fourth-order valence-electron chi connectivity index (χ4n) is 3.78. The Labute approximate surface area is 190 Å². The number of carbonyl (C=O) groups is 1. The van der Waals surface area contributed by atoms with E-state index in [2.05, 4.69) is 56.7 Å². The highest BCUT2D eigenvalue weighted by Gasteiger charge is 2.30. The van der Waals surface area contributed by atoms with Crippen molar-refractivity contribution < 1.29 is 9.72 Å². The van der Waals surface area contributed by atoms with Crippen LogP contribution in [0.4, 0.5) is 23.0 Å².